The molecule has 0 bridgehead atoms. The zero-order valence-electron chi connectivity index (χ0n) is 9.38. The van der Waals surface area contributed by atoms with Crippen molar-refractivity contribution in [3.8, 4) is 0 Å². The van der Waals surface area contributed by atoms with Crippen LogP contribution in [0.3, 0.4) is 0 Å². The number of hydrogen-bond acceptors (Lipinski definition) is 4. The Balaban J connectivity index is 2.10. The number of pyridine rings is 1. The number of carbonyl (C=O) groups excluding carboxylic acids is 1. The number of anilines is 1. The van der Waals surface area contributed by atoms with Crippen LogP contribution in [-0.2, 0) is 0 Å². The maximum atomic E-state index is 11.9. The minimum absolute atomic E-state index is 0.211. The van der Waals surface area contributed by atoms with Gasteiger partial charge in [0, 0.05) is 18.1 Å². The molecule has 0 aliphatic carbocycles. The average Bonchev–Trinajstić information content (AvgIpc) is 2.82. The van der Waals surface area contributed by atoms with Gasteiger partial charge in [0.25, 0.3) is 5.91 Å². The molecule has 2 aromatic rings. The number of carbonyl (C=O) groups is 1. The van der Waals surface area contributed by atoms with Crippen LogP contribution in [0.25, 0.3) is 0 Å². The van der Waals surface area contributed by atoms with Crippen molar-refractivity contribution in [1.29, 1.82) is 0 Å². The lowest BCUT2D eigenvalue weighted by molar-refractivity contribution is 0.0936. The molecule has 5 heteroatoms. The van der Waals surface area contributed by atoms with Gasteiger partial charge in [-0.15, -0.1) is 0 Å². The van der Waals surface area contributed by atoms with Crippen molar-refractivity contribution in [3.05, 3.63) is 48.2 Å². The molecular formula is C12H13N3O2. The summed E-state index contributed by atoms with van der Waals surface area (Å²) in [6, 6.07) is 4.96. The molecule has 3 N–H and O–H groups in total. The summed E-state index contributed by atoms with van der Waals surface area (Å²) >= 11 is 0. The van der Waals surface area contributed by atoms with Crippen LogP contribution in [0.5, 0.6) is 0 Å². The zero-order valence-corrected chi connectivity index (χ0v) is 9.38. The van der Waals surface area contributed by atoms with Crippen molar-refractivity contribution in [1.82, 2.24) is 10.3 Å². The molecule has 1 atom stereocenters. The van der Waals surface area contributed by atoms with Gasteiger partial charge in [-0.3, -0.25) is 9.78 Å². The van der Waals surface area contributed by atoms with Crippen LogP contribution in [0.2, 0.25) is 0 Å². The van der Waals surface area contributed by atoms with Crippen molar-refractivity contribution < 1.29 is 9.21 Å². The van der Waals surface area contributed by atoms with E-state index in [2.05, 4.69) is 10.3 Å². The summed E-state index contributed by atoms with van der Waals surface area (Å²) in [4.78, 5) is 15.8. The Hall–Kier alpha value is -2.30. The Morgan fingerprint density at radius 2 is 2.35 bits per heavy atom. The third-order valence-electron chi connectivity index (χ3n) is 2.42. The van der Waals surface area contributed by atoms with E-state index < -0.39 is 0 Å². The predicted molar refractivity (Wildman–Crippen MR) is 63.2 cm³/mol. The first-order valence-corrected chi connectivity index (χ1v) is 5.22. The molecule has 5 nitrogen and oxygen atoms in total. The van der Waals surface area contributed by atoms with E-state index in [1.54, 1.807) is 30.7 Å². The van der Waals surface area contributed by atoms with Crippen LogP contribution in [-0.4, -0.2) is 10.9 Å². The Labute approximate surface area is 98.6 Å². The molecular weight excluding hydrogens is 218 g/mol. The number of hydrogen-bond donors (Lipinski definition) is 2. The van der Waals surface area contributed by atoms with Crippen LogP contribution in [0.4, 0.5) is 5.69 Å². The summed E-state index contributed by atoms with van der Waals surface area (Å²) in [7, 11) is 0. The minimum Gasteiger partial charge on any atom is -0.467 e. The number of nitrogens with two attached hydrogens (primary N) is 1. The van der Waals surface area contributed by atoms with Gasteiger partial charge in [0.15, 0.2) is 0 Å². The van der Waals surface area contributed by atoms with E-state index in [0.29, 0.717) is 17.0 Å². The standard InChI is InChI=1S/C12H13N3O2/c1-8(11-3-2-6-17-11)15-12(16)9-7-14-5-4-10(9)13/h2-8H,1H3,(H2,13,14)(H,15,16). The first-order chi connectivity index (χ1) is 8.18. The Bertz CT molecular complexity index is 508. The van der Waals surface area contributed by atoms with Gasteiger partial charge in [0.05, 0.1) is 17.9 Å². The minimum atomic E-state index is -0.264. The van der Waals surface area contributed by atoms with Crippen LogP contribution < -0.4 is 11.1 Å². The molecule has 0 saturated heterocycles. The van der Waals surface area contributed by atoms with Gasteiger partial charge in [-0.1, -0.05) is 0 Å². The van der Waals surface area contributed by atoms with E-state index in [4.69, 9.17) is 10.2 Å². The van der Waals surface area contributed by atoms with E-state index >= 15 is 0 Å². The largest absolute Gasteiger partial charge is 0.467 e. The average molecular weight is 231 g/mol. The van der Waals surface area contributed by atoms with Gasteiger partial charge in [-0.05, 0) is 25.1 Å². The molecule has 0 aliphatic rings. The molecule has 0 fully saturated rings. The third-order valence-corrected chi connectivity index (χ3v) is 2.42. The molecule has 2 heterocycles. The van der Waals surface area contributed by atoms with E-state index in [1.807, 2.05) is 6.92 Å². The van der Waals surface area contributed by atoms with Crippen LogP contribution >= 0.6 is 0 Å². The van der Waals surface area contributed by atoms with E-state index in [9.17, 15) is 4.79 Å². The SMILES string of the molecule is CC(NC(=O)c1cnccc1N)c1ccco1. The summed E-state index contributed by atoms with van der Waals surface area (Å²) in [5.74, 6) is 0.431. The number of furan rings is 1. The fraction of sp³-hybridized carbons (Fsp3) is 0.167. The molecule has 88 valence electrons. The van der Waals surface area contributed by atoms with Crippen molar-refractivity contribution >= 4 is 11.6 Å². The predicted octanol–water partition coefficient (Wildman–Crippen LogP) is 1.75. The highest BCUT2D eigenvalue weighted by atomic mass is 16.3. The Kier molecular flexibility index (Phi) is 3.09. The van der Waals surface area contributed by atoms with Crippen LogP contribution in [0, 0.1) is 0 Å². The highest BCUT2D eigenvalue weighted by molar-refractivity contribution is 5.98. The summed E-state index contributed by atoms with van der Waals surface area (Å²) < 4.78 is 5.20. The van der Waals surface area contributed by atoms with Crippen molar-refractivity contribution in [3.63, 3.8) is 0 Å². The lowest BCUT2D eigenvalue weighted by Gasteiger charge is -2.12. The van der Waals surface area contributed by atoms with Gasteiger partial charge in [0.1, 0.15) is 5.76 Å². The number of nitrogens with zero attached hydrogens (tertiary/aromatic N) is 1. The van der Waals surface area contributed by atoms with E-state index in [0.717, 1.165) is 0 Å². The van der Waals surface area contributed by atoms with Gasteiger partial charge in [0.2, 0.25) is 0 Å². The fourth-order valence-corrected chi connectivity index (χ4v) is 1.48. The van der Waals surface area contributed by atoms with Crippen molar-refractivity contribution in [2.24, 2.45) is 0 Å². The molecule has 0 radical (unpaired) electrons. The summed E-state index contributed by atoms with van der Waals surface area (Å²) in [5.41, 5.74) is 6.46. The second-order valence-corrected chi connectivity index (χ2v) is 3.67. The molecule has 0 aliphatic heterocycles. The number of rotatable bonds is 3. The fourth-order valence-electron chi connectivity index (χ4n) is 1.48. The van der Waals surface area contributed by atoms with E-state index in [-0.39, 0.29) is 11.9 Å². The van der Waals surface area contributed by atoms with Crippen molar-refractivity contribution in [2.45, 2.75) is 13.0 Å². The number of amides is 1. The number of nitrogens with one attached hydrogen (secondary N) is 1. The van der Waals surface area contributed by atoms with Gasteiger partial charge in [-0.25, -0.2) is 0 Å². The molecule has 2 rings (SSSR count). The topological polar surface area (TPSA) is 81.2 Å². The molecule has 17 heavy (non-hydrogen) atoms. The lowest BCUT2D eigenvalue weighted by Crippen LogP contribution is -2.27. The molecule has 0 spiro atoms. The summed E-state index contributed by atoms with van der Waals surface area (Å²) in [5, 5.41) is 2.79. The molecule has 0 aromatic carbocycles. The van der Waals surface area contributed by atoms with Crippen LogP contribution in [0.1, 0.15) is 29.1 Å². The molecule has 2 aromatic heterocycles. The zero-order chi connectivity index (χ0) is 12.3. The van der Waals surface area contributed by atoms with Gasteiger partial charge >= 0.3 is 0 Å². The quantitative estimate of drug-likeness (QED) is 0.843. The first kappa shape index (κ1) is 11.2. The summed E-state index contributed by atoms with van der Waals surface area (Å²) in [6.07, 6.45) is 4.55. The molecule has 1 unspecified atom stereocenters. The highest BCUT2D eigenvalue weighted by Crippen LogP contribution is 2.15. The van der Waals surface area contributed by atoms with Crippen LogP contribution in [0.15, 0.2) is 41.3 Å². The summed E-state index contributed by atoms with van der Waals surface area (Å²) in [6.45, 7) is 1.84. The Morgan fingerprint density at radius 3 is 3.00 bits per heavy atom. The lowest BCUT2D eigenvalue weighted by atomic mass is 10.2. The monoisotopic (exact) mass is 231 g/mol. The second kappa shape index (κ2) is 4.69. The van der Waals surface area contributed by atoms with Gasteiger partial charge in [-0.2, -0.15) is 0 Å². The van der Waals surface area contributed by atoms with Gasteiger partial charge < -0.3 is 15.5 Å². The van der Waals surface area contributed by atoms with E-state index in [1.165, 1.54) is 6.20 Å². The second-order valence-electron chi connectivity index (χ2n) is 3.67. The highest BCUT2D eigenvalue weighted by Gasteiger charge is 2.15. The Morgan fingerprint density at radius 1 is 1.53 bits per heavy atom. The number of nitrogen functional groups attached to an aromatic ring is 1. The first-order valence-electron chi connectivity index (χ1n) is 5.22. The normalized spacial score (nSPS) is 12.1. The third kappa shape index (κ3) is 2.44. The van der Waals surface area contributed by atoms with Crippen molar-refractivity contribution in [2.75, 3.05) is 5.73 Å². The molecule has 0 saturated carbocycles. The number of aromatic nitrogens is 1. The maximum absolute atomic E-state index is 11.9. The smallest absolute Gasteiger partial charge is 0.255 e. The maximum Gasteiger partial charge on any atom is 0.255 e. The molecule has 1 amide bonds.